The van der Waals surface area contributed by atoms with Gasteiger partial charge in [-0.15, -0.1) is 0 Å². The quantitative estimate of drug-likeness (QED) is 0.611. The van der Waals surface area contributed by atoms with Crippen molar-refractivity contribution < 1.29 is 18.6 Å². The minimum Gasteiger partial charge on any atom is -0.368 e. The van der Waals surface area contributed by atoms with Crippen molar-refractivity contribution in [2.75, 3.05) is 0 Å². The van der Waals surface area contributed by atoms with Crippen LogP contribution in [-0.2, 0) is 10.0 Å². The number of sulfonamides is 1. The summed E-state index contributed by atoms with van der Waals surface area (Å²) in [4.78, 5) is 0. The van der Waals surface area contributed by atoms with Gasteiger partial charge in [0.15, 0.2) is 6.29 Å². The molecule has 0 aromatic carbocycles. The van der Waals surface area contributed by atoms with E-state index in [1.807, 2.05) is 6.92 Å². The van der Waals surface area contributed by atoms with Gasteiger partial charge in [0.1, 0.15) is 0 Å². The van der Waals surface area contributed by atoms with Crippen molar-refractivity contribution in [2.45, 2.75) is 50.2 Å². The average Bonchev–Trinajstić information content (AvgIpc) is 3.06. The van der Waals surface area contributed by atoms with Crippen molar-refractivity contribution in [3.63, 3.8) is 0 Å². The summed E-state index contributed by atoms with van der Waals surface area (Å²) in [7, 11) is -3.17. The minimum absolute atomic E-state index is 0.0785. The third-order valence-electron chi connectivity index (χ3n) is 4.83. The molecule has 4 atom stereocenters. The highest BCUT2D eigenvalue weighted by molar-refractivity contribution is 7.90. The van der Waals surface area contributed by atoms with Gasteiger partial charge in [-0.05, 0) is 37.0 Å². The third kappa shape index (κ3) is 1.82. The molecule has 0 unspecified atom stereocenters. The van der Waals surface area contributed by atoms with Gasteiger partial charge in [-0.1, -0.05) is 6.92 Å². The molecule has 3 rings (SSSR count). The van der Waals surface area contributed by atoms with Crippen LogP contribution >= 0.6 is 0 Å². The highest BCUT2D eigenvalue weighted by Gasteiger charge is 2.66. The van der Waals surface area contributed by atoms with Crippen molar-refractivity contribution >= 4 is 10.0 Å². The Kier molecular flexibility index (Phi) is 2.40. The topological polar surface area (TPSA) is 86.6 Å². The van der Waals surface area contributed by atoms with Gasteiger partial charge < -0.3 is 10.2 Å². The number of fused-ring (bicyclic) bond motifs is 1. The lowest BCUT2D eigenvalue weighted by atomic mass is 9.91. The predicted molar refractivity (Wildman–Crippen MR) is 61.4 cm³/mol. The van der Waals surface area contributed by atoms with Crippen molar-refractivity contribution in [3.8, 4) is 0 Å². The Morgan fingerprint density at radius 2 is 2.00 bits per heavy atom. The predicted octanol–water partition coefficient (Wildman–Crippen LogP) is -0.206. The van der Waals surface area contributed by atoms with Crippen molar-refractivity contribution in [1.29, 1.82) is 0 Å². The molecule has 0 radical (unpaired) electrons. The van der Waals surface area contributed by atoms with E-state index >= 15 is 0 Å². The summed E-state index contributed by atoms with van der Waals surface area (Å²) in [6.07, 6.45) is 1.63. The van der Waals surface area contributed by atoms with E-state index in [-0.39, 0.29) is 28.5 Å². The molecule has 0 amide bonds. The smallest absolute Gasteiger partial charge is 0.214 e. The van der Waals surface area contributed by atoms with E-state index in [9.17, 15) is 18.6 Å². The number of aliphatic hydroxyl groups excluding tert-OH is 1. The fourth-order valence-electron chi connectivity index (χ4n) is 3.43. The van der Waals surface area contributed by atoms with E-state index in [2.05, 4.69) is 4.72 Å². The molecule has 3 N–H and O–H groups in total. The molecule has 0 heterocycles. The maximum absolute atomic E-state index is 11.9. The summed E-state index contributed by atoms with van der Waals surface area (Å²) >= 11 is 0. The van der Waals surface area contributed by atoms with Gasteiger partial charge in [-0.3, -0.25) is 0 Å². The number of nitrogens with one attached hydrogen (secondary N) is 1. The van der Waals surface area contributed by atoms with Gasteiger partial charge >= 0.3 is 0 Å². The Hall–Kier alpha value is -0.170. The molecule has 3 aliphatic carbocycles. The lowest BCUT2D eigenvalue weighted by Crippen LogP contribution is -2.38. The van der Waals surface area contributed by atoms with Gasteiger partial charge in [0, 0.05) is 12.0 Å². The first-order valence-corrected chi connectivity index (χ1v) is 7.76. The molecule has 98 valence electrons. The highest BCUT2D eigenvalue weighted by atomic mass is 32.2. The molecule has 0 aromatic rings. The number of hydrogen-bond acceptors (Lipinski definition) is 4. The SMILES string of the molecule is C[C@]12C[C@H]1[C@@H](NS(=O)(=O)C1CC1)C[C@H]2C(O)O. The number of rotatable bonds is 4. The molecule has 17 heavy (non-hydrogen) atoms. The average molecular weight is 261 g/mol. The van der Waals surface area contributed by atoms with Crippen LogP contribution in [0.2, 0.25) is 0 Å². The molecule has 0 bridgehead atoms. The molecule has 5 nitrogen and oxygen atoms in total. The summed E-state index contributed by atoms with van der Waals surface area (Å²) in [5.41, 5.74) is -0.0785. The molecular formula is C11H19NO4S. The maximum Gasteiger partial charge on any atom is 0.214 e. The molecule has 0 saturated heterocycles. The van der Waals surface area contributed by atoms with Crippen LogP contribution in [0.4, 0.5) is 0 Å². The first-order chi connectivity index (χ1) is 7.84. The summed E-state index contributed by atoms with van der Waals surface area (Å²) in [6, 6.07) is -0.0996. The van der Waals surface area contributed by atoms with Gasteiger partial charge in [-0.25, -0.2) is 13.1 Å². The molecule has 0 spiro atoms. The van der Waals surface area contributed by atoms with E-state index in [4.69, 9.17) is 0 Å². The molecular weight excluding hydrogens is 242 g/mol. The second-order valence-corrected chi connectivity index (χ2v) is 8.03. The molecule has 3 fully saturated rings. The maximum atomic E-state index is 11.9. The third-order valence-corrected chi connectivity index (χ3v) is 6.81. The van der Waals surface area contributed by atoms with E-state index in [1.54, 1.807) is 0 Å². The highest BCUT2D eigenvalue weighted by Crippen LogP contribution is 2.66. The van der Waals surface area contributed by atoms with Crippen molar-refractivity contribution in [1.82, 2.24) is 4.72 Å². The minimum atomic E-state index is -3.17. The van der Waals surface area contributed by atoms with E-state index < -0.39 is 16.3 Å². The van der Waals surface area contributed by atoms with Gasteiger partial charge in [-0.2, -0.15) is 0 Å². The van der Waals surface area contributed by atoms with E-state index in [0.29, 0.717) is 6.42 Å². The normalized spacial score (nSPS) is 45.1. The summed E-state index contributed by atoms with van der Waals surface area (Å²) in [5, 5.41) is 18.5. The summed E-state index contributed by atoms with van der Waals surface area (Å²) in [6.45, 7) is 2.02. The van der Waals surface area contributed by atoms with Crippen LogP contribution in [0, 0.1) is 17.3 Å². The van der Waals surface area contributed by atoms with Crippen LogP contribution in [0.25, 0.3) is 0 Å². The van der Waals surface area contributed by atoms with E-state index in [1.165, 1.54) is 0 Å². The van der Waals surface area contributed by atoms with Gasteiger partial charge in [0.2, 0.25) is 10.0 Å². The molecule has 6 heteroatoms. The Labute approximate surface area is 101 Å². The molecule has 0 aliphatic heterocycles. The Morgan fingerprint density at radius 1 is 1.35 bits per heavy atom. The standard InChI is InChI=1S/C11H19NO4S/c1-11-5-8(11)9(4-7(11)10(13)14)12-17(15,16)6-2-3-6/h6-10,12-14H,2-5H2,1H3/t7-,8-,9-,11+/m0/s1. The zero-order valence-corrected chi connectivity index (χ0v) is 10.7. The first-order valence-electron chi connectivity index (χ1n) is 6.22. The van der Waals surface area contributed by atoms with Crippen LogP contribution < -0.4 is 4.72 Å². The van der Waals surface area contributed by atoms with Crippen molar-refractivity contribution in [2.24, 2.45) is 17.3 Å². The molecule has 3 aliphatic rings. The largest absolute Gasteiger partial charge is 0.368 e. The molecule has 0 aromatic heterocycles. The summed E-state index contributed by atoms with van der Waals surface area (Å²) in [5.74, 6) is 0.0854. The zero-order valence-electron chi connectivity index (χ0n) is 9.83. The monoisotopic (exact) mass is 261 g/mol. The second-order valence-electron chi connectivity index (χ2n) is 6.04. The lowest BCUT2D eigenvalue weighted by molar-refractivity contribution is -0.0999. The number of aliphatic hydroxyl groups is 2. The summed E-state index contributed by atoms with van der Waals surface area (Å²) < 4.78 is 26.5. The first kappa shape index (κ1) is 11.9. The van der Waals surface area contributed by atoms with Crippen molar-refractivity contribution in [3.05, 3.63) is 0 Å². The Morgan fingerprint density at radius 3 is 2.47 bits per heavy atom. The fourth-order valence-corrected chi connectivity index (χ4v) is 5.06. The zero-order chi connectivity index (χ0) is 12.4. The lowest BCUT2D eigenvalue weighted by Gasteiger charge is -2.22. The Balaban J connectivity index is 1.71. The van der Waals surface area contributed by atoms with Crippen LogP contribution in [0.5, 0.6) is 0 Å². The van der Waals surface area contributed by atoms with Crippen LogP contribution in [-0.4, -0.2) is 36.2 Å². The van der Waals surface area contributed by atoms with E-state index in [0.717, 1.165) is 19.3 Å². The Bertz CT molecular complexity index is 431. The van der Waals surface area contributed by atoms with Gasteiger partial charge in [0.25, 0.3) is 0 Å². The number of hydrogen-bond donors (Lipinski definition) is 3. The molecule has 3 saturated carbocycles. The second kappa shape index (κ2) is 3.44. The fraction of sp³-hybridized carbons (Fsp3) is 1.00. The van der Waals surface area contributed by atoms with Gasteiger partial charge in [0.05, 0.1) is 5.25 Å². The van der Waals surface area contributed by atoms with Crippen LogP contribution in [0.15, 0.2) is 0 Å². The van der Waals surface area contributed by atoms with Crippen LogP contribution in [0.3, 0.4) is 0 Å². The van der Waals surface area contributed by atoms with Crippen LogP contribution in [0.1, 0.15) is 32.6 Å².